The van der Waals surface area contributed by atoms with Crippen molar-refractivity contribution in [1.82, 2.24) is 15.4 Å². The van der Waals surface area contributed by atoms with Crippen molar-refractivity contribution in [2.45, 2.75) is 44.9 Å². The zero-order valence-electron chi connectivity index (χ0n) is 12.8. The molecule has 0 aliphatic carbocycles. The Morgan fingerprint density at radius 1 is 1.43 bits per heavy atom. The molecule has 0 atom stereocenters. The average Bonchev–Trinajstić information content (AvgIpc) is 2.79. The van der Waals surface area contributed by atoms with Gasteiger partial charge in [-0.3, -0.25) is 10.2 Å². The summed E-state index contributed by atoms with van der Waals surface area (Å²) >= 11 is 0. The van der Waals surface area contributed by atoms with Crippen LogP contribution in [-0.4, -0.2) is 40.6 Å². The average molecular weight is 339 g/mol. The number of nitrogens with zero attached hydrogens (tertiary/aromatic N) is 2. The molecule has 10 heteroatoms. The predicted octanol–water partition coefficient (Wildman–Crippen LogP) is 2.70. The molecule has 1 saturated heterocycles. The van der Waals surface area contributed by atoms with E-state index in [0.717, 1.165) is 4.90 Å². The molecule has 1 aromatic rings. The Balaban J connectivity index is 1.82. The fraction of sp³-hybridized carbons (Fsp3) is 0.692. The number of hydrogen-bond donors (Lipinski definition) is 1. The summed E-state index contributed by atoms with van der Waals surface area (Å²) in [5.74, 6) is -3.14. The van der Waals surface area contributed by atoms with E-state index in [4.69, 9.17) is 4.74 Å². The van der Waals surface area contributed by atoms with Gasteiger partial charge in [-0.25, -0.2) is 9.18 Å². The van der Waals surface area contributed by atoms with Gasteiger partial charge < -0.3 is 9.26 Å². The summed E-state index contributed by atoms with van der Waals surface area (Å²) in [4.78, 5) is 12.8. The number of carbonyl (C=O) groups is 1. The smallest absolute Gasteiger partial charge is 0.444 e. The summed E-state index contributed by atoms with van der Waals surface area (Å²) < 4.78 is 60.5. The highest BCUT2D eigenvalue weighted by atomic mass is 19.4. The van der Waals surface area contributed by atoms with Crippen LogP contribution in [0.5, 0.6) is 0 Å². The number of hydrogen-bond acceptors (Lipinski definition) is 5. The Morgan fingerprint density at radius 3 is 2.52 bits per heavy atom. The van der Waals surface area contributed by atoms with Gasteiger partial charge in [-0.15, -0.1) is 0 Å². The van der Waals surface area contributed by atoms with E-state index in [0.29, 0.717) is 6.07 Å². The lowest BCUT2D eigenvalue weighted by atomic mass is 10.1. The third-order valence-corrected chi connectivity index (χ3v) is 2.96. The topological polar surface area (TPSA) is 67.6 Å². The van der Waals surface area contributed by atoms with Gasteiger partial charge in [0.25, 0.3) is 0 Å². The Kier molecular flexibility index (Phi) is 4.31. The SMILES string of the molecule is CC(C)(C)OC(=O)N1CC(F)(NCc2cc(C(F)(F)F)on2)C1. The van der Waals surface area contributed by atoms with Gasteiger partial charge in [0.2, 0.25) is 5.76 Å². The van der Waals surface area contributed by atoms with Crippen molar-refractivity contribution in [2.24, 2.45) is 0 Å². The molecule has 23 heavy (non-hydrogen) atoms. The molecule has 1 fully saturated rings. The van der Waals surface area contributed by atoms with Crippen LogP contribution in [0.25, 0.3) is 0 Å². The number of ether oxygens (including phenoxy) is 1. The molecule has 0 bridgehead atoms. The number of alkyl halides is 4. The first kappa shape index (κ1) is 17.5. The molecule has 0 spiro atoms. The maximum atomic E-state index is 14.2. The van der Waals surface area contributed by atoms with Gasteiger partial charge in [-0.1, -0.05) is 5.16 Å². The summed E-state index contributed by atoms with van der Waals surface area (Å²) in [7, 11) is 0. The number of halogens is 4. The minimum atomic E-state index is -4.64. The lowest BCUT2D eigenvalue weighted by Crippen LogP contribution is -2.68. The first-order chi connectivity index (χ1) is 10.4. The molecule has 1 N–H and O–H groups in total. The van der Waals surface area contributed by atoms with Crippen LogP contribution < -0.4 is 5.32 Å². The van der Waals surface area contributed by atoms with Gasteiger partial charge in [0.15, 0.2) is 5.79 Å². The van der Waals surface area contributed by atoms with Crippen molar-refractivity contribution < 1.29 is 31.6 Å². The van der Waals surface area contributed by atoms with Crippen molar-refractivity contribution in [3.05, 3.63) is 17.5 Å². The largest absolute Gasteiger partial charge is 0.452 e. The molecule has 6 nitrogen and oxygen atoms in total. The van der Waals surface area contributed by atoms with Crippen molar-refractivity contribution in [3.8, 4) is 0 Å². The first-order valence-corrected chi connectivity index (χ1v) is 6.83. The second kappa shape index (κ2) is 5.66. The third-order valence-electron chi connectivity index (χ3n) is 2.96. The molecular formula is C13H17F4N3O3. The molecular weight excluding hydrogens is 322 g/mol. The van der Waals surface area contributed by atoms with Crippen LogP contribution >= 0.6 is 0 Å². The number of nitrogens with one attached hydrogen (secondary N) is 1. The van der Waals surface area contributed by atoms with Gasteiger partial charge in [0.1, 0.15) is 5.60 Å². The quantitative estimate of drug-likeness (QED) is 0.677. The van der Waals surface area contributed by atoms with E-state index in [-0.39, 0.29) is 25.3 Å². The minimum Gasteiger partial charge on any atom is -0.444 e. The highest BCUT2D eigenvalue weighted by Crippen LogP contribution is 2.30. The number of rotatable bonds is 3. The van der Waals surface area contributed by atoms with E-state index >= 15 is 0 Å². The second-order valence-corrected chi connectivity index (χ2v) is 6.34. The minimum absolute atomic E-state index is 0.0786. The summed E-state index contributed by atoms with van der Waals surface area (Å²) in [5.41, 5.74) is -0.765. The zero-order valence-corrected chi connectivity index (χ0v) is 12.8. The lowest BCUT2D eigenvalue weighted by molar-refractivity contribution is -0.155. The highest BCUT2D eigenvalue weighted by Gasteiger charge is 2.47. The lowest BCUT2D eigenvalue weighted by Gasteiger charge is -2.44. The van der Waals surface area contributed by atoms with E-state index in [1.807, 2.05) is 0 Å². The molecule has 0 saturated carbocycles. The van der Waals surface area contributed by atoms with Gasteiger partial charge in [0, 0.05) is 12.6 Å². The van der Waals surface area contributed by atoms with Crippen LogP contribution in [0.15, 0.2) is 10.6 Å². The fourth-order valence-corrected chi connectivity index (χ4v) is 1.90. The number of aromatic nitrogens is 1. The molecule has 0 radical (unpaired) electrons. The van der Waals surface area contributed by atoms with Gasteiger partial charge >= 0.3 is 12.3 Å². The van der Waals surface area contributed by atoms with Crippen molar-refractivity contribution >= 4 is 6.09 Å². The maximum Gasteiger partial charge on any atom is 0.452 e. The van der Waals surface area contributed by atoms with Crippen LogP contribution in [-0.2, 0) is 17.5 Å². The Morgan fingerprint density at radius 2 is 2.04 bits per heavy atom. The second-order valence-electron chi connectivity index (χ2n) is 6.34. The molecule has 1 aromatic heterocycles. The molecule has 130 valence electrons. The maximum absolute atomic E-state index is 14.2. The zero-order chi connectivity index (χ0) is 17.5. The summed E-state index contributed by atoms with van der Waals surface area (Å²) in [6.45, 7) is 4.30. The Bertz CT molecular complexity index is 574. The van der Waals surface area contributed by atoms with E-state index in [2.05, 4.69) is 15.0 Å². The third kappa shape index (κ3) is 4.57. The number of likely N-dealkylation sites (tertiary alicyclic amines) is 1. The van der Waals surface area contributed by atoms with Crippen LogP contribution in [0.3, 0.4) is 0 Å². The molecule has 2 rings (SSSR count). The van der Waals surface area contributed by atoms with Crippen LogP contribution in [0, 0.1) is 0 Å². The van der Waals surface area contributed by atoms with Crippen molar-refractivity contribution in [3.63, 3.8) is 0 Å². The normalized spacial score (nSPS) is 17.8. The number of amides is 1. The van der Waals surface area contributed by atoms with Gasteiger partial charge in [-0.2, -0.15) is 13.2 Å². The summed E-state index contributed by atoms with van der Waals surface area (Å²) in [6, 6.07) is 0.695. The molecule has 2 heterocycles. The first-order valence-electron chi connectivity index (χ1n) is 6.83. The van der Waals surface area contributed by atoms with Crippen LogP contribution in [0.4, 0.5) is 22.4 Å². The molecule has 0 unspecified atom stereocenters. The number of carbonyl (C=O) groups excluding carboxylic acids is 1. The van der Waals surface area contributed by atoms with Crippen LogP contribution in [0.1, 0.15) is 32.2 Å². The van der Waals surface area contributed by atoms with Gasteiger partial charge in [0.05, 0.1) is 18.8 Å². The molecule has 1 aliphatic rings. The monoisotopic (exact) mass is 339 g/mol. The van der Waals surface area contributed by atoms with Crippen molar-refractivity contribution in [2.75, 3.05) is 13.1 Å². The standard InChI is InChI=1S/C13H17F4N3O3/c1-11(2,3)22-10(21)20-6-12(14,7-20)18-5-8-4-9(23-19-8)13(15,16)17/h4,18H,5-7H2,1-3H3. The van der Waals surface area contributed by atoms with Crippen molar-refractivity contribution in [1.29, 1.82) is 0 Å². The Hall–Kier alpha value is -1.84. The molecule has 1 amide bonds. The highest BCUT2D eigenvalue weighted by molar-refractivity contribution is 5.69. The Labute approximate surface area is 129 Å². The van der Waals surface area contributed by atoms with E-state index in [1.165, 1.54) is 0 Å². The van der Waals surface area contributed by atoms with E-state index in [1.54, 1.807) is 20.8 Å². The summed E-state index contributed by atoms with van der Waals surface area (Å²) in [5, 5.41) is 5.64. The molecule has 1 aliphatic heterocycles. The summed E-state index contributed by atoms with van der Waals surface area (Å²) in [6.07, 6.45) is -5.28. The van der Waals surface area contributed by atoms with E-state index in [9.17, 15) is 22.4 Å². The predicted molar refractivity (Wildman–Crippen MR) is 70.0 cm³/mol. The van der Waals surface area contributed by atoms with Crippen LogP contribution in [0.2, 0.25) is 0 Å². The van der Waals surface area contributed by atoms with E-state index < -0.39 is 29.4 Å². The fourth-order valence-electron chi connectivity index (χ4n) is 1.90. The molecule has 0 aromatic carbocycles. The van der Waals surface area contributed by atoms with Gasteiger partial charge in [-0.05, 0) is 20.8 Å².